The van der Waals surface area contributed by atoms with Crippen LogP contribution >= 0.6 is 11.6 Å². The normalized spacial score (nSPS) is 17.9. The summed E-state index contributed by atoms with van der Waals surface area (Å²) in [5, 5.41) is -0.00871. The molecule has 2 heterocycles. The summed E-state index contributed by atoms with van der Waals surface area (Å²) in [7, 11) is -3.93. The van der Waals surface area contributed by atoms with Gasteiger partial charge in [-0.05, 0) is 12.5 Å². The van der Waals surface area contributed by atoms with Gasteiger partial charge in [-0.1, -0.05) is 17.7 Å². The molecule has 1 aromatic heterocycles. The molecule has 110 valence electrons. The van der Waals surface area contributed by atoms with Crippen molar-refractivity contribution in [3.63, 3.8) is 0 Å². The zero-order valence-corrected chi connectivity index (χ0v) is 11.6. The summed E-state index contributed by atoms with van der Waals surface area (Å²) in [5.74, 6) is 0. The summed E-state index contributed by atoms with van der Waals surface area (Å²) in [6.07, 6.45) is -1.49. The topological polar surface area (TPSA) is 50.3 Å². The van der Waals surface area contributed by atoms with Crippen LogP contribution in [0.25, 0.3) is 0 Å². The Morgan fingerprint density at radius 2 is 2.05 bits per heavy atom. The number of pyridine rings is 1. The lowest BCUT2D eigenvalue weighted by Gasteiger charge is -2.26. The fourth-order valence-electron chi connectivity index (χ4n) is 1.82. The molecular formula is C11H10ClF3N2O2S. The fourth-order valence-corrected chi connectivity index (χ4v) is 3.60. The van der Waals surface area contributed by atoms with Gasteiger partial charge in [0.2, 0.25) is 10.0 Å². The molecule has 9 heteroatoms. The van der Waals surface area contributed by atoms with Gasteiger partial charge in [0.05, 0.1) is 5.02 Å². The van der Waals surface area contributed by atoms with Crippen LogP contribution in [0.2, 0.25) is 5.02 Å². The molecular weight excluding hydrogens is 317 g/mol. The van der Waals surface area contributed by atoms with Crippen LogP contribution in [-0.2, 0) is 10.0 Å². The van der Waals surface area contributed by atoms with Crippen LogP contribution in [0.4, 0.5) is 13.2 Å². The van der Waals surface area contributed by atoms with Crippen molar-refractivity contribution in [2.24, 2.45) is 0 Å². The summed E-state index contributed by atoms with van der Waals surface area (Å²) in [6, 6.07) is 1.31. The van der Waals surface area contributed by atoms with Crippen LogP contribution in [0, 0.1) is 0 Å². The van der Waals surface area contributed by atoms with Gasteiger partial charge in [0.25, 0.3) is 0 Å². The molecule has 4 nitrogen and oxygen atoms in total. The lowest BCUT2D eigenvalue weighted by atomic mass is 10.1. The zero-order chi connectivity index (χ0) is 15.0. The van der Waals surface area contributed by atoms with E-state index < -0.39 is 21.8 Å². The first-order chi connectivity index (χ1) is 9.23. The summed E-state index contributed by atoms with van der Waals surface area (Å²) in [4.78, 5) is 3.47. The Balaban J connectivity index is 2.27. The molecule has 0 aliphatic carbocycles. The zero-order valence-electron chi connectivity index (χ0n) is 10.1. The molecule has 1 aromatic rings. The number of hydrogen-bond donors (Lipinski definition) is 0. The minimum Gasteiger partial charge on any atom is -0.263 e. The highest BCUT2D eigenvalue weighted by Crippen LogP contribution is 2.32. The molecule has 0 fully saturated rings. The van der Waals surface area contributed by atoms with Crippen LogP contribution in [0.1, 0.15) is 6.42 Å². The van der Waals surface area contributed by atoms with E-state index in [-0.39, 0.29) is 29.4 Å². The third kappa shape index (κ3) is 2.97. The number of hydrogen-bond acceptors (Lipinski definition) is 3. The predicted octanol–water partition coefficient (Wildman–Crippen LogP) is 2.62. The van der Waals surface area contributed by atoms with E-state index in [1.54, 1.807) is 0 Å². The van der Waals surface area contributed by atoms with Gasteiger partial charge in [-0.2, -0.15) is 17.5 Å². The summed E-state index contributed by atoms with van der Waals surface area (Å²) in [5.41, 5.74) is -0.707. The SMILES string of the molecule is O=S(=O)(c1cnccc1Cl)N1CC=C(C(F)(F)F)CC1. The number of halogens is 4. The van der Waals surface area contributed by atoms with Crippen molar-refractivity contribution in [1.29, 1.82) is 0 Å². The fraction of sp³-hybridized carbons (Fsp3) is 0.364. The van der Waals surface area contributed by atoms with Gasteiger partial charge in [0.1, 0.15) is 4.90 Å². The number of alkyl halides is 3. The van der Waals surface area contributed by atoms with E-state index in [4.69, 9.17) is 11.6 Å². The van der Waals surface area contributed by atoms with E-state index in [9.17, 15) is 21.6 Å². The standard InChI is InChI=1S/C11H10ClF3N2O2S/c12-9-1-4-16-7-10(9)20(18,19)17-5-2-8(3-6-17)11(13,14)15/h1-2,4,7H,3,5-6H2. The Morgan fingerprint density at radius 1 is 1.35 bits per heavy atom. The molecule has 0 atom stereocenters. The average molecular weight is 327 g/mol. The van der Waals surface area contributed by atoms with E-state index >= 15 is 0 Å². The molecule has 0 N–H and O–H groups in total. The lowest BCUT2D eigenvalue weighted by Crippen LogP contribution is -2.36. The van der Waals surface area contributed by atoms with Crippen LogP contribution in [-0.4, -0.2) is 37.0 Å². The van der Waals surface area contributed by atoms with Gasteiger partial charge in [-0.25, -0.2) is 8.42 Å². The molecule has 0 aromatic carbocycles. The van der Waals surface area contributed by atoms with Gasteiger partial charge in [-0.3, -0.25) is 4.98 Å². The van der Waals surface area contributed by atoms with Gasteiger partial charge < -0.3 is 0 Å². The second-order valence-corrected chi connectivity index (χ2v) is 6.46. The van der Waals surface area contributed by atoms with Gasteiger partial charge >= 0.3 is 6.18 Å². The molecule has 0 amide bonds. The van der Waals surface area contributed by atoms with Crippen molar-refractivity contribution in [1.82, 2.24) is 9.29 Å². The van der Waals surface area contributed by atoms with Crippen LogP contribution in [0.5, 0.6) is 0 Å². The molecule has 0 unspecified atom stereocenters. The molecule has 0 saturated heterocycles. The number of aromatic nitrogens is 1. The third-order valence-electron chi connectivity index (χ3n) is 2.89. The van der Waals surface area contributed by atoms with Crippen molar-refractivity contribution in [2.45, 2.75) is 17.5 Å². The molecule has 20 heavy (non-hydrogen) atoms. The number of sulfonamides is 1. The van der Waals surface area contributed by atoms with E-state index in [2.05, 4.69) is 4.98 Å². The number of nitrogens with zero attached hydrogens (tertiary/aromatic N) is 2. The summed E-state index contributed by atoms with van der Waals surface area (Å²) in [6.45, 7) is -0.568. The molecule has 2 rings (SSSR count). The summed E-state index contributed by atoms with van der Waals surface area (Å²) < 4.78 is 62.9. The largest absolute Gasteiger partial charge is 0.412 e. The van der Waals surface area contributed by atoms with Crippen LogP contribution in [0.15, 0.2) is 35.0 Å². The number of rotatable bonds is 2. The summed E-state index contributed by atoms with van der Waals surface area (Å²) >= 11 is 5.79. The van der Waals surface area contributed by atoms with Gasteiger partial charge in [0, 0.05) is 31.1 Å². The minimum absolute atomic E-state index is 0.00871. The highest BCUT2D eigenvalue weighted by atomic mass is 35.5. The monoisotopic (exact) mass is 326 g/mol. The maximum Gasteiger partial charge on any atom is 0.412 e. The second kappa shape index (κ2) is 5.34. The smallest absolute Gasteiger partial charge is 0.263 e. The first-order valence-corrected chi connectivity index (χ1v) is 7.40. The van der Waals surface area contributed by atoms with Crippen molar-refractivity contribution < 1.29 is 21.6 Å². The second-order valence-electron chi connectivity index (χ2n) is 4.15. The van der Waals surface area contributed by atoms with Crippen molar-refractivity contribution >= 4 is 21.6 Å². The third-order valence-corrected chi connectivity index (χ3v) is 5.22. The first-order valence-electron chi connectivity index (χ1n) is 5.59. The molecule has 0 bridgehead atoms. The van der Waals surface area contributed by atoms with Crippen molar-refractivity contribution in [3.8, 4) is 0 Å². The van der Waals surface area contributed by atoms with Crippen LogP contribution in [0.3, 0.4) is 0 Å². The average Bonchev–Trinajstić information content (AvgIpc) is 2.38. The van der Waals surface area contributed by atoms with Crippen molar-refractivity contribution in [2.75, 3.05) is 13.1 Å². The van der Waals surface area contributed by atoms with E-state index in [1.165, 1.54) is 12.3 Å². The Kier molecular flexibility index (Phi) is 4.08. The van der Waals surface area contributed by atoms with E-state index in [0.717, 1.165) is 16.6 Å². The molecule has 0 radical (unpaired) electrons. The van der Waals surface area contributed by atoms with E-state index in [1.807, 2.05) is 0 Å². The highest BCUT2D eigenvalue weighted by Gasteiger charge is 2.37. The van der Waals surface area contributed by atoms with Gasteiger partial charge in [0.15, 0.2) is 0 Å². The molecule has 1 aliphatic heterocycles. The highest BCUT2D eigenvalue weighted by molar-refractivity contribution is 7.89. The molecule has 0 spiro atoms. The van der Waals surface area contributed by atoms with Crippen molar-refractivity contribution in [3.05, 3.63) is 35.1 Å². The maximum absolute atomic E-state index is 12.5. The Morgan fingerprint density at radius 3 is 2.55 bits per heavy atom. The quantitative estimate of drug-likeness (QED) is 0.785. The Hall–Kier alpha value is -1.12. The van der Waals surface area contributed by atoms with Crippen LogP contribution < -0.4 is 0 Å². The molecule has 1 aliphatic rings. The van der Waals surface area contributed by atoms with Gasteiger partial charge in [-0.15, -0.1) is 0 Å². The molecule has 0 saturated carbocycles. The van der Waals surface area contributed by atoms with E-state index in [0.29, 0.717) is 0 Å². The Bertz CT molecular complexity index is 643. The first kappa shape index (κ1) is 15.3. The minimum atomic E-state index is -4.41. The lowest BCUT2D eigenvalue weighted by molar-refractivity contribution is -0.0953. The Labute approximate surface area is 118 Å². The maximum atomic E-state index is 12.5. The predicted molar refractivity (Wildman–Crippen MR) is 66.8 cm³/mol.